The monoisotopic (exact) mass is 289 g/mol. The molecule has 0 aromatic carbocycles. The van der Waals surface area contributed by atoms with Crippen LogP contribution >= 0.6 is 27.3 Å². The molecular formula is C10H12BrNO2S. The maximum absolute atomic E-state index is 11.2. The van der Waals surface area contributed by atoms with Crippen LogP contribution in [0.25, 0.3) is 6.08 Å². The molecule has 1 aromatic rings. The fourth-order valence-electron chi connectivity index (χ4n) is 0.925. The lowest BCUT2D eigenvalue weighted by Gasteiger charge is -1.98. The van der Waals surface area contributed by atoms with E-state index in [2.05, 4.69) is 21.2 Å². The summed E-state index contributed by atoms with van der Waals surface area (Å²) in [5.41, 5.74) is 0. The average Bonchev–Trinajstić information content (AvgIpc) is 2.62. The van der Waals surface area contributed by atoms with E-state index in [1.807, 2.05) is 12.1 Å². The Morgan fingerprint density at radius 3 is 3.00 bits per heavy atom. The van der Waals surface area contributed by atoms with Crippen LogP contribution in [0.4, 0.5) is 0 Å². The van der Waals surface area contributed by atoms with Crippen LogP contribution in [0.1, 0.15) is 11.3 Å². The number of hydrogen-bond acceptors (Lipinski definition) is 3. The van der Waals surface area contributed by atoms with E-state index in [9.17, 15) is 4.79 Å². The quantitative estimate of drug-likeness (QED) is 0.644. The van der Waals surface area contributed by atoms with E-state index in [1.54, 1.807) is 17.4 Å². The molecule has 0 atom stereocenters. The molecule has 0 aliphatic rings. The Morgan fingerprint density at radius 1 is 1.60 bits per heavy atom. The normalized spacial score (nSPS) is 10.8. The van der Waals surface area contributed by atoms with Gasteiger partial charge in [-0.3, -0.25) is 4.79 Å². The van der Waals surface area contributed by atoms with Crippen molar-refractivity contribution in [1.82, 2.24) is 5.32 Å². The molecule has 0 saturated carbocycles. The summed E-state index contributed by atoms with van der Waals surface area (Å²) in [4.78, 5) is 12.2. The fraction of sp³-hybridized carbons (Fsp3) is 0.300. The van der Waals surface area contributed by atoms with Crippen molar-refractivity contribution in [3.8, 4) is 0 Å². The molecule has 0 fully saturated rings. The van der Waals surface area contributed by atoms with E-state index in [1.165, 1.54) is 6.08 Å². The van der Waals surface area contributed by atoms with Gasteiger partial charge in [0.05, 0.1) is 3.79 Å². The lowest BCUT2D eigenvalue weighted by Crippen LogP contribution is -2.22. The van der Waals surface area contributed by atoms with E-state index < -0.39 is 0 Å². The third-order valence-corrected chi connectivity index (χ3v) is 3.22. The van der Waals surface area contributed by atoms with Crippen molar-refractivity contribution in [3.63, 3.8) is 0 Å². The molecule has 82 valence electrons. The highest BCUT2D eigenvalue weighted by Gasteiger charge is 1.96. The molecule has 1 amide bonds. The third-order valence-electron chi connectivity index (χ3n) is 1.63. The van der Waals surface area contributed by atoms with Gasteiger partial charge in [0.25, 0.3) is 0 Å². The van der Waals surface area contributed by atoms with Gasteiger partial charge < -0.3 is 10.4 Å². The van der Waals surface area contributed by atoms with Gasteiger partial charge in [0.2, 0.25) is 5.91 Å². The minimum atomic E-state index is -0.132. The lowest BCUT2D eigenvalue weighted by molar-refractivity contribution is -0.116. The Labute approximate surface area is 101 Å². The van der Waals surface area contributed by atoms with Gasteiger partial charge in [-0.15, -0.1) is 11.3 Å². The summed E-state index contributed by atoms with van der Waals surface area (Å²) in [7, 11) is 0. The minimum absolute atomic E-state index is 0.0991. The molecule has 0 saturated heterocycles. The number of carbonyl (C=O) groups excluding carboxylic acids is 1. The first-order chi connectivity index (χ1) is 7.22. The fourth-order valence-corrected chi connectivity index (χ4v) is 2.25. The highest BCUT2D eigenvalue weighted by atomic mass is 79.9. The standard InChI is InChI=1S/C10H12BrNO2S/c11-9-4-2-8(15-9)3-5-10(14)12-6-1-7-13/h2-5,13H,1,6-7H2,(H,12,14)/b5-3+. The van der Waals surface area contributed by atoms with Crippen LogP contribution in [0.3, 0.4) is 0 Å². The van der Waals surface area contributed by atoms with E-state index in [0.29, 0.717) is 13.0 Å². The molecular weight excluding hydrogens is 278 g/mol. The van der Waals surface area contributed by atoms with Gasteiger partial charge in [-0.05, 0) is 40.6 Å². The summed E-state index contributed by atoms with van der Waals surface area (Å²) in [5.74, 6) is -0.132. The number of aliphatic hydroxyl groups is 1. The average molecular weight is 290 g/mol. The molecule has 15 heavy (non-hydrogen) atoms. The van der Waals surface area contributed by atoms with Crippen molar-refractivity contribution in [1.29, 1.82) is 0 Å². The Balaban J connectivity index is 2.34. The molecule has 1 heterocycles. The first kappa shape index (κ1) is 12.4. The first-order valence-corrected chi connectivity index (χ1v) is 6.15. The number of halogens is 1. The zero-order valence-electron chi connectivity index (χ0n) is 8.07. The first-order valence-electron chi connectivity index (χ1n) is 4.54. The second kappa shape index (κ2) is 6.76. The van der Waals surface area contributed by atoms with Crippen LogP contribution < -0.4 is 5.32 Å². The number of rotatable bonds is 5. The summed E-state index contributed by atoms with van der Waals surface area (Å²) in [6, 6.07) is 3.88. The van der Waals surface area contributed by atoms with Gasteiger partial charge in [0.15, 0.2) is 0 Å². The van der Waals surface area contributed by atoms with Crippen LogP contribution in [-0.2, 0) is 4.79 Å². The van der Waals surface area contributed by atoms with Gasteiger partial charge in [0, 0.05) is 24.1 Å². The summed E-state index contributed by atoms with van der Waals surface area (Å²) < 4.78 is 1.04. The summed E-state index contributed by atoms with van der Waals surface area (Å²) in [6.45, 7) is 0.607. The molecule has 0 spiro atoms. The topological polar surface area (TPSA) is 49.3 Å². The van der Waals surface area contributed by atoms with E-state index in [4.69, 9.17) is 5.11 Å². The molecule has 0 radical (unpaired) electrons. The Kier molecular flexibility index (Phi) is 5.60. The smallest absolute Gasteiger partial charge is 0.244 e. The second-order valence-electron chi connectivity index (χ2n) is 2.84. The van der Waals surface area contributed by atoms with Crippen molar-refractivity contribution < 1.29 is 9.90 Å². The summed E-state index contributed by atoms with van der Waals surface area (Å²) in [5, 5.41) is 11.2. The molecule has 2 N–H and O–H groups in total. The molecule has 5 heteroatoms. The maximum atomic E-state index is 11.2. The van der Waals surface area contributed by atoms with E-state index in [-0.39, 0.29) is 12.5 Å². The SMILES string of the molecule is O=C(/C=C/c1ccc(Br)s1)NCCCO. The Bertz CT molecular complexity index is 349. The predicted octanol–water partition coefficient (Wildman–Crippen LogP) is 2.02. The highest BCUT2D eigenvalue weighted by molar-refractivity contribution is 9.11. The molecule has 3 nitrogen and oxygen atoms in total. The summed E-state index contributed by atoms with van der Waals surface area (Å²) >= 11 is 4.91. The molecule has 0 unspecified atom stereocenters. The largest absolute Gasteiger partial charge is 0.396 e. The molecule has 1 aromatic heterocycles. The van der Waals surface area contributed by atoms with Gasteiger partial charge in [0.1, 0.15) is 0 Å². The maximum Gasteiger partial charge on any atom is 0.244 e. The van der Waals surface area contributed by atoms with Crippen LogP contribution in [0, 0.1) is 0 Å². The number of thiophene rings is 1. The predicted molar refractivity (Wildman–Crippen MR) is 65.8 cm³/mol. The second-order valence-corrected chi connectivity index (χ2v) is 5.34. The number of amides is 1. The summed E-state index contributed by atoms with van der Waals surface area (Å²) in [6.07, 6.45) is 3.85. The number of aliphatic hydroxyl groups excluding tert-OH is 1. The van der Waals surface area contributed by atoms with Crippen molar-refractivity contribution >= 4 is 39.2 Å². The third kappa shape index (κ3) is 5.11. The molecule has 0 aliphatic heterocycles. The number of carbonyl (C=O) groups is 1. The number of nitrogens with one attached hydrogen (secondary N) is 1. The van der Waals surface area contributed by atoms with Crippen molar-refractivity contribution in [2.45, 2.75) is 6.42 Å². The van der Waals surface area contributed by atoms with Crippen molar-refractivity contribution in [3.05, 3.63) is 26.9 Å². The van der Waals surface area contributed by atoms with E-state index >= 15 is 0 Å². The minimum Gasteiger partial charge on any atom is -0.396 e. The van der Waals surface area contributed by atoms with Crippen LogP contribution in [0.2, 0.25) is 0 Å². The molecule has 0 bridgehead atoms. The van der Waals surface area contributed by atoms with Crippen molar-refractivity contribution in [2.24, 2.45) is 0 Å². The van der Waals surface area contributed by atoms with Crippen LogP contribution in [-0.4, -0.2) is 24.2 Å². The Hall–Kier alpha value is -0.650. The molecule has 0 aliphatic carbocycles. The van der Waals surface area contributed by atoms with Gasteiger partial charge in [-0.1, -0.05) is 0 Å². The van der Waals surface area contributed by atoms with Crippen LogP contribution in [0.5, 0.6) is 0 Å². The van der Waals surface area contributed by atoms with Gasteiger partial charge in [-0.2, -0.15) is 0 Å². The highest BCUT2D eigenvalue weighted by Crippen LogP contribution is 2.22. The van der Waals surface area contributed by atoms with Crippen molar-refractivity contribution in [2.75, 3.05) is 13.2 Å². The van der Waals surface area contributed by atoms with E-state index in [0.717, 1.165) is 8.66 Å². The van der Waals surface area contributed by atoms with Crippen LogP contribution in [0.15, 0.2) is 22.0 Å². The zero-order valence-corrected chi connectivity index (χ0v) is 10.5. The molecule has 1 rings (SSSR count). The zero-order chi connectivity index (χ0) is 11.1. The number of hydrogen-bond donors (Lipinski definition) is 2. The van der Waals surface area contributed by atoms with Gasteiger partial charge in [-0.25, -0.2) is 0 Å². The lowest BCUT2D eigenvalue weighted by atomic mass is 10.4. The Morgan fingerprint density at radius 2 is 2.40 bits per heavy atom. The van der Waals surface area contributed by atoms with Gasteiger partial charge >= 0.3 is 0 Å².